The Balaban J connectivity index is 0.000000303. The van der Waals surface area contributed by atoms with Gasteiger partial charge < -0.3 is 21.3 Å². The van der Waals surface area contributed by atoms with Crippen LogP contribution in [-0.4, -0.2) is 52.4 Å². The number of hydrogen-bond donors (Lipinski definition) is 0. The van der Waals surface area contributed by atoms with E-state index in [0.717, 1.165) is 52.4 Å². The second-order valence-electron chi connectivity index (χ2n) is 6.93. The SMILES string of the molecule is C1CC[N-]CC1.C1CC[N-]CC1.C1CC[N-]CC1.C1CC[N-]CC1.[Fe+4]. The van der Waals surface area contributed by atoms with Crippen molar-refractivity contribution in [1.82, 2.24) is 0 Å². The summed E-state index contributed by atoms with van der Waals surface area (Å²) in [4.78, 5) is 0. The van der Waals surface area contributed by atoms with Crippen molar-refractivity contribution in [2.45, 2.75) is 77.0 Å². The van der Waals surface area contributed by atoms with Crippen LogP contribution in [0, 0.1) is 0 Å². The average Bonchev–Trinajstić information content (AvgIpc) is 2.75. The maximum Gasteiger partial charge on any atom is 4.00 e. The van der Waals surface area contributed by atoms with Crippen LogP contribution in [0.25, 0.3) is 21.3 Å². The predicted octanol–water partition coefficient (Wildman–Crippen LogP) is 6.17. The van der Waals surface area contributed by atoms with E-state index in [-0.39, 0.29) is 17.1 Å². The normalized spacial score (nSPS) is 23.0. The summed E-state index contributed by atoms with van der Waals surface area (Å²) in [5.74, 6) is 0. The molecule has 0 saturated carbocycles. The summed E-state index contributed by atoms with van der Waals surface area (Å²) in [6.07, 6.45) is 16.3. The van der Waals surface area contributed by atoms with Crippen LogP contribution >= 0.6 is 0 Å². The van der Waals surface area contributed by atoms with E-state index in [0.29, 0.717) is 0 Å². The molecule has 4 aliphatic rings. The van der Waals surface area contributed by atoms with Crippen molar-refractivity contribution in [2.24, 2.45) is 0 Å². The largest absolute Gasteiger partial charge is 4.00 e. The first-order valence-corrected chi connectivity index (χ1v) is 10.5. The van der Waals surface area contributed by atoms with Gasteiger partial charge >= 0.3 is 17.1 Å². The molecule has 4 fully saturated rings. The van der Waals surface area contributed by atoms with Gasteiger partial charge in [-0.25, -0.2) is 0 Å². The Kier molecular flexibility index (Phi) is 22.7. The summed E-state index contributed by atoms with van der Waals surface area (Å²) in [7, 11) is 0. The zero-order valence-electron chi connectivity index (χ0n) is 16.3. The third kappa shape index (κ3) is 20.5. The minimum atomic E-state index is 0. The number of hydrogen-bond acceptors (Lipinski definition) is 0. The summed E-state index contributed by atoms with van der Waals surface area (Å²) in [5.41, 5.74) is 0. The monoisotopic (exact) mass is 392 g/mol. The van der Waals surface area contributed by atoms with Crippen LogP contribution in [0.3, 0.4) is 0 Å². The summed E-state index contributed by atoms with van der Waals surface area (Å²) >= 11 is 0. The first kappa shape index (κ1) is 25.4. The van der Waals surface area contributed by atoms with Gasteiger partial charge in [-0.05, 0) is 0 Å². The molecule has 0 N–H and O–H groups in total. The van der Waals surface area contributed by atoms with Crippen molar-refractivity contribution in [1.29, 1.82) is 0 Å². The van der Waals surface area contributed by atoms with Crippen molar-refractivity contribution in [3.8, 4) is 0 Å². The fraction of sp³-hybridized carbons (Fsp3) is 1.00. The van der Waals surface area contributed by atoms with Gasteiger partial charge in [0.05, 0.1) is 0 Å². The Labute approximate surface area is 167 Å². The smallest absolute Gasteiger partial charge is 0.662 e. The van der Waals surface area contributed by atoms with Gasteiger partial charge in [-0.15, -0.1) is 52.4 Å². The van der Waals surface area contributed by atoms with Gasteiger partial charge in [0.15, 0.2) is 0 Å². The molecule has 0 aromatic rings. The van der Waals surface area contributed by atoms with E-state index in [9.17, 15) is 0 Å². The average molecular weight is 392 g/mol. The van der Waals surface area contributed by atoms with Crippen LogP contribution in [0.1, 0.15) is 77.0 Å². The van der Waals surface area contributed by atoms with Crippen molar-refractivity contribution >= 4 is 0 Å². The molecule has 4 heterocycles. The van der Waals surface area contributed by atoms with Gasteiger partial charge in [-0.1, -0.05) is 77.0 Å². The molecule has 0 unspecified atom stereocenters. The number of nitrogens with zero attached hydrogens (tertiary/aromatic N) is 4. The molecular formula is C20H40FeN4. The topological polar surface area (TPSA) is 56.4 Å². The molecule has 0 bridgehead atoms. The molecule has 5 heteroatoms. The zero-order valence-corrected chi connectivity index (χ0v) is 17.4. The second-order valence-corrected chi connectivity index (χ2v) is 6.93. The summed E-state index contributed by atoms with van der Waals surface area (Å²) in [6, 6.07) is 0. The van der Waals surface area contributed by atoms with Crippen LogP contribution in [-0.2, 0) is 17.1 Å². The van der Waals surface area contributed by atoms with E-state index in [2.05, 4.69) is 21.3 Å². The maximum atomic E-state index is 4.18. The first-order chi connectivity index (χ1) is 12.0. The fourth-order valence-electron chi connectivity index (χ4n) is 2.94. The molecule has 4 rings (SSSR count). The third-order valence-corrected chi connectivity index (χ3v) is 4.53. The summed E-state index contributed by atoms with van der Waals surface area (Å²) < 4.78 is 0. The second kappa shape index (κ2) is 22.4. The van der Waals surface area contributed by atoms with Gasteiger partial charge in [0.25, 0.3) is 0 Å². The molecule has 4 nitrogen and oxygen atoms in total. The standard InChI is InChI=1S/4C5H10N.Fe/c4*1-2-4-6-5-3-1;/h4*1-5H2;/q4*-1;+4. The third-order valence-electron chi connectivity index (χ3n) is 4.53. The van der Waals surface area contributed by atoms with Crippen LogP contribution < -0.4 is 0 Å². The minimum Gasteiger partial charge on any atom is -0.662 e. The quantitative estimate of drug-likeness (QED) is 0.443. The van der Waals surface area contributed by atoms with E-state index < -0.39 is 0 Å². The number of piperidine rings is 4. The van der Waals surface area contributed by atoms with Crippen LogP contribution in [0.2, 0.25) is 0 Å². The molecule has 0 atom stereocenters. The Bertz CT molecular complexity index is 132. The Hall–Kier alpha value is 0.359. The first-order valence-electron chi connectivity index (χ1n) is 10.5. The van der Waals surface area contributed by atoms with Crippen molar-refractivity contribution in [3.63, 3.8) is 0 Å². The van der Waals surface area contributed by atoms with Crippen molar-refractivity contribution in [3.05, 3.63) is 21.3 Å². The zero-order chi connectivity index (χ0) is 17.0. The molecule has 4 aliphatic heterocycles. The van der Waals surface area contributed by atoms with Crippen molar-refractivity contribution in [2.75, 3.05) is 52.4 Å². The summed E-state index contributed by atoms with van der Waals surface area (Å²) in [6.45, 7) is 9.00. The van der Waals surface area contributed by atoms with Gasteiger partial charge in [-0.2, -0.15) is 0 Å². The fourth-order valence-corrected chi connectivity index (χ4v) is 2.94. The summed E-state index contributed by atoms with van der Waals surface area (Å²) in [5, 5.41) is 16.7. The molecule has 0 aromatic heterocycles. The number of rotatable bonds is 0. The molecule has 0 amide bonds. The molecule has 4 saturated heterocycles. The van der Waals surface area contributed by atoms with Crippen LogP contribution in [0.15, 0.2) is 0 Å². The Morgan fingerprint density at radius 3 is 0.440 bits per heavy atom. The molecule has 0 radical (unpaired) electrons. The molecule has 0 aromatic carbocycles. The van der Waals surface area contributed by atoms with E-state index in [4.69, 9.17) is 0 Å². The van der Waals surface area contributed by atoms with Crippen LogP contribution in [0.4, 0.5) is 0 Å². The molecule has 25 heavy (non-hydrogen) atoms. The van der Waals surface area contributed by atoms with E-state index >= 15 is 0 Å². The van der Waals surface area contributed by atoms with E-state index in [1.807, 2.05) is 0 Å². The molecule has 0 spiro atoms. The minimum absolute atomic E-state index is 0. The maximum absolute atomic E-state index is 4.18. The van der Waals surface area contributed by atoms with Crippen molar-refractivity contribution < 1.29 is 17.1 Å². The van der Waals surface area contributed by atoms with Gasteiger partial charge in [-0.3, -0.25) is 0 Å². The molecule has 148 valence electrons. The van der Waals surface area contributed by atoms with E-state index in [1.165, 1.54) is 77.0 Å². The van der Waals surface area contributed by atoms with Gasteiger partial charge in [0.2, 0.25) is 0 Å². The Morgan fingerprint density at radius 1 is 0.240 bits per heavy atom. The van der Waals surface area contributed by atoms with Gasteiger partial charge in [0, 0.05) is 0 Å². The Morgan fingerprint density at radius 2 is 0.400 bits per heavy atom. The molecular weight excluding hydrogens is 352 g/mol. The molecule has 0 aliphatic carbocycles. The van der Waals surface area contributed by atoms with Crippen LogP contribution in [0.5, 0.6) is 0 Å². The predicted molar refractivity (Wildman–Crippen MR) is 108 cm³/mol. The van der Waals surface area contributed by atoms with Gasteiger partial charge in [0.1, 0.15) is 0 Å². The van der Waals surface area contributed by atoms with E-state index in [1.54, 1.807) is 0 Å².